The van der Waals surface area contributed by atoms with Crippen molar-refractivity contribution in [3.8, 4) is 6.07 Å². The molecule has 0 aliphatic carbocycles. The third-order valence-electron chi connectivity index (χ3n) is 1.80. The summed E-state index contributed by atoms with van der Waals surface area (Å²) in [5.74, 6) is -0.295. The van der Waals surface area contributed by atoms with E-state index in [0.717, 1.165) is 5.56 Å². The molecule has 0 bridgehead atoms. The summed E-state index contributed by atoms with van der Waals surface area (Å²) in [6.45, 7) is 0.388. The number of halogens is 1. The summed E-state index contributed by atoms with van der Waals surface area (Å²) < 4.78 is 13.2. The minimum absolute atomic E-state index is 0.284. The summed E-state index contributed by atoms with van der Waals surface area (Å²) in [6.07, 6.45) is 3.50. The lowest BCUT2D eigenvalue weighted by atomic mass is 10.1. The molecule has 0 saturated heterocycles. The molecule has 0 spiro atoms. The van der Waals surface area contributed by atoms with Crippen molar-refractivity contribution in [2.45, 2.75) is 13.0 Å². The second-order valence-corrected chi connectivity index (χ2v) is 2.82. The lowest BCUT2D eigenvalue weighted by molar-refractivity contribution is 0.624. The summed E-state index contributed by atoms with van der Waals surface area (Å²) in [6, 6.07) is 6.67. The van der Waals surface area contributed by atoms with E-state index in [2.05, 4.69) is 0 Å². The zero-order chi connectivity index (χ0) is 10.4. The molecule has 2 N–H and O–H groups in total. The molecule has 0 radical (unpaired) electrons. The van der Waals surface area contributed by atoms with E-state index in [1.807, 2.05) is 6.07 Å². The van der Waals surface area contributed by atoms with Gasteiger partial charge in [0, 0.05) is 12.1 Å². The van der Waals surface area contributed by atoms with Gasteiger partial charge < -0.3 is 5.73 Å². The average Bonchev–Trinajstić information content (AvgIpc) is 2.21. The fourth-order valence-corrected chi connectivity index (χ4v) is 1.09. The Bertz CT molecular complexity index is 377. The van der Waals surface area contributed by atoms with Crippen LogP contribution in [-0.4, -0.2) is 0 Å². The van der Waals surface area contributed by atoms with Crippen LogP contribution in [0.2, 0.25) is 0 Å². The number of allylic oxidation sites excluding steroid dienone is 1. The van der Waals surface area contributed by atoms with Crippen LogP contribution in [-0.2, 0) is 6.54 Å². The minimum atomic E-state index is -0.295. The van der Waals surface area contributed by atoms with Crippen molar-refractivity contribution >= 4 is 6.08 Å². The molecule has 0 heterocycles. The van der Waals surface area contributed by atoms with Gasteiger partial charge in [-0.3, -0.25) is 0 Å². The number of nitrogens with zero attached hydrogens (tertiary/aromatic N) is 1. The zero-order valence-electron chi connectivity index (χ0n) is 7.70. The van der Waals surface area contributed by atoms with Crippen LogP contribution in [0.25, 0.3) is 6.08 Å². The molecular weight excluding hydrogens is 179 g/mol. The van der Waals surface area contributed by atoms with E-state index >= 15 is 0 Å². The molecule has 0 fully saturated rings. The Kier molecular flexibility index (Phi) is 3.84. The fourth-order valence-electron chi connectivity index (χ4n) is 1.09. The Morgan fingerprint density at radius 2 is 2.29 bits per heavy atom. The van der Waals surface area contributed by atoms with Gasteiger partial charge in [-0.15, -0.1) is 0 Å². The molecular formula is C11H11FN2. The quantitative estimate of drug-likeness (QED) is 0.794. The highest BCUT2D eigenvalue weighted by Crippen LogP contribution is 2.12. The largest absolute Gasteiger partial charge is 0.326 e. The fraction of sp³-hybridized carbons (Fsp3) is 0.182. The van der Waals surface area contributed by atoms with E-state index in [1.54, 1.807) is 24.3 Å². The first-order valence-electron chi connectivity index (χ1n) is 4.30. The summed E-state index contributed by atoms with van der Waals surface area (Å²) in [7, 11) is 0. The number of benzene rings is 1. The van der Waals surface area contributed by atoms with Crippen LogP contribution in [0, 0.1) is 17.1 Å². The van der Waals surface area contributed by atoms with E-state index in [1.165, 1.54) is 6.07 Å². The SMILES string of the molecule is N#CCC=Cc1cc(CN)ccc1F. The van der Waals surface area contributed by atoms with Crippen molar-refractivity contribution in [2.24, 2.45) is 5.73 Å². The van der Waals surface area contributed by atoms with E-state index in [-0.39, 0.29) is 12.2 Å². The van der Waals surface area contributed by atoms with Crippen molar-refractivity contribution in [1.29, 1.82) is 5.26 Å². The molecule has 1 aromatic carbocycles. The van der Waals surface area contributed by atoms with Crippen molar-refractivity contribution < 1.29 is 4.39 Å². The van der Waals surface area contributed by atoms with Gasteiger partial charge >= 0.3 is 0 Å². The Hall–Kier alpha value is -1.66. The van der Waals surface area contributed by atoms with E-state index < -0.39 is 0 Å². The molecule has 0 aliphatic heterocycles. The molecule has 0 saturated carbocycles. The van der Waals surface area contributed by atoms with Crippen LogP contribution in [0.3, 0.4) is 0 Å². The maximum atomic E-state index is 13.2. The van der Waals surface area contributed by atoms with Gasteiger partial charge in [0.2, 0.25) is 0 Å². The second-order valence-electron chi connectivity index (χ2n) is 2.82. The second kappa shape index (κ2) is 5.15. The van der Waals surface area contributed by atoms with E-state index in [9.17, 15) is 4.39 Å². The zero-order valence-corrected chi connectivity index (χ0v) is 7.70. The number of nitrogens with two attached hydrogens (primary N) is 1. The van der Waals surface area contributed by atoms with E-state index in [0.29, 0.717) is 12.1 Å². The van der Waals surface area contributed by atoms with Crippen LogP contribution < -0.4 is 5.73 Å². The number of rotatable bonds is 3. The van der Waals surface area contributed by atoms with Gasteiger partial charge in [-0.05, 0) is 17.7 Å². The van der Waals surface area contributed by atoms with Crippen LogP contribution in [0.1, 0.15) is 17.5 Å². The van der Waals surface area contributed by atoms with Gasteiger partial charge in [0.15, 0.2) is 0 Å². The minimum Gasteiger partial charge on any atom is -0.326 e. The Labute approximate surface area is 82.5 Å². The highest BCUT2D eigenvalue weighted by Gasteiger charge is 1.98. The molecule has 1 rings (SSSR count). The normalized spacial score (nSPS) is 10.4. The number of nitriles is 1. The molecule has 2 nitrogen and oxygen atoms in total. The van der Waals surface area contributed by atoms with Gasteiger partial charge in [-0.1, -0.05) is 18.2 Å². The first-order valence-corrected chi connectivity index (χ1v) is 4.30. The molecule has 1 aromatic rings. The van der Waals surface area contributed by atoms with Gasteiger partial charge in [0.05, 0.1) is 12.5 Å². The molecule has 14 heavy (non-hydrogen) atoms. The van der Waals surface area contributed by atoms with Crippen LogP contribution in [0.15, 0.2) is 24.3 Å². The van der Waals surface area contributed by atoms with Crippen molar-refractivity contribution in [1.82, 2.24) is 0 Å². The predicted molar refractivity (Wildman–Crippen MR) is 53.6 cm³/mol. The molecule has 0 unspecified atom stereocenters. The molecule has 0 amide bonds. The summed E-state index contributed by atoms with van der Waals surface area (Å²) in [5.41, 5.74) is 6.78. The summed E-state index contributed by atoms with van der Waals surface area (Å²) in [5, 5.41) is 8.30. The Morgan fingerprint density at radius 3 is 2.93 bits per heavy atom. The van der Waals surface area contributed by atoms with Crippen molar-refractivity contribution in [3.05, 3.63) is 41.2 Å². The smallest absolute Gasteiger partial charge is 0.130 e. The summed E-state index contributed by atoms with van der Waals surface area (Å²) in [4.78, 5) is 0. The monoisotopic (exact) mass is 190 g/mol. The van der Waals surface area contributed by atoms with Crippen molar-refractivity contribution in [3.63, 3.8) is 0 Å². The lowest BCUT2D eigenvalue weighted by Gasteiger charge is -2.00. The number of hydrogen-bond acceptors (Lipinski definition) is 2. The first kappa shape index (κ1) is 10.4. The standard InChI is InChI=1S/C11H11FN2/c12-11-5-4-9(8-14)7-10(11)3-1-2-6-13/h1,3-5,7H,2,8,14H2. The van der Waals surface area contributed by atoms with Crippen LogP contribution in [0.5, 0.6) is 0 Å². The molecule has 3 heteroatoms. The third kappa shape index (κ3) is 2.68. The Balaban J connectivity index is 2.90. The Morgan fingerprint density at radius 1 is 1.50 bits per heavy atom. The van der Waals surface area contributed by atoms with Crippen LogP contribution in [0.4, 0.5) is 4.39 Å². The first-order chi connectivity index (χ1) is 6.77. The van der Waals surface area contributed by atoms with Crippen LogP contribution >= 0.6 is 0 Å². The van der Waals surface area contributed by atoms with Gasteiger partial charge in [0.25, 0.3) is 0 Å². The molecule has 0 aromatic heterocycles. The number of hydrogen-bond donors (Lipinski definition) is 1. The molecule has 0 aliphatic rings. The summed E-state index contributed by atoms with van der Waals surface area (Å²) >= 11 is 0. The topological polar surface area (TPSA) is 49.8 Å². The van der Waals surface area contributed by atoms with Crippen molar-refractivity contribution in [2.75, 3.05) is 0 Å². The third-order valence-corrected chi connectivity index (χ3v) is 1.80. The molecule has 0 atom stereocenters. The lowest BCUT2D eigenvalue weighted by Crippen LogP contribution is -1.97. The maximum absolute atomic E-state index is 13.2. The van der Waals surface area contributed by atoms with E-state index in [4.69, 9.17) is 11.0 Å². The predicted octanol–water partition coefficient (Wildman–Crippen LogP) is 2.21. The maximum Gasteiger partial charge on any atom is 0.130 e. The molecule has 72 valence electrons. The highest BCUT2D eigenvalue weighted by atomic mass is 19.1. The van der Waals surface area contributed by atoms with Gasteiger partial charge in [0.1, 0.15) is 5.82 Å². The highest BCUT2D eigenvalue weighted by molar-refractivity contribution is 5.51. The van der Waals surface area contributed by atoms with Gasteiger partial charge in [-0.25, -0.2) is 4.39 Å². The van der Waals surface area contributed by atoms with Gasteiger partial charge in [-0.2, -0.15) is 5.26 Å². The average molecular weight is 190 g/mol.